The quantitative estimate of drug-likeness (QED) is 0.380. The number of hydrogen-bond acceptors (Lipinski definition) is 5. The van der Waals surface area contributed by atoms with Crippen LogP contribution in [0.3, 0.4) is 0 Å². The van der Waals surface area contributed by atoms with Crippen LogP contribution in [0.4, 0.5) is 13.2 Å². The van der Waals surface area contributed by atoms with Crippen molar-refractivity contribution in [3.05, 3.63) is 53.6 Å². The number of likely N-dealkylation sites (tertiary alicyclic amines) is 1. The van der Waals surface area contributed by atoms with Crippen molar-refractivity contribution in [2.24, 2.45) is 5.16 Å². The van der Waals surface area contributed by atoms with E-state index in [0.717, 1.165) is 60.3 Å². The summed E-state index contributed by atoms with van der Waals surface area (Å²) in [4.78, 5) is 34.1. The van der Waals surface area contributed by atoms with E-state index in [-0.39, 0.29) is 44.2 Å². The lowest BCUT2D eigenvalue weighted by Gasteiger charge is -2.30. The third-order valence-electron chi connectivity index (χ3n) is 7.86. The molecule has 2 aliphatic heterocycles. The summed E-state index contributed by atoms with van der Waals surface area (Å²) in [5.74, 6) is -0.446. The van der Waals surface area contributed by atoms with Crippen molar-refractivity contribution in [2.75, 3.05) is 6.54 Å². The smallest absolute Gasteiger partial charge is 0.374 e. The summed E-state index contributed by atoms with van der Waals surface area (Å²) in [6.07, 6.45) is 0.00354. The van der Waals surface area contributed by atoms with Gasteiger partial charge in [0.2, 0.25) is 5.91 Å². The molecule has 13 heteroatoms. The molecule has 0 radical (unpaired) electrons. The number of nitrogens with one attached hydrogen (secondary N) is 1. The SMILES string of the molecule is O=C(NC1CCN(C2CC2)C1=O)c1sc(C2=NOC(c3cc(Cl)c(Cl)c(Cl)c3)(C(F)(F)F)C2)c2c1CCCC2. The van der Waals surface area contributed by atoms with E-state index in [4.69, 9.17) is 39.6 Å². The molecular formula is C26H23Cl3F3N3O3S. The van der Waals surface area contributed by atoms with Gasteiger partial charge in [0.25, 0.3) is 11.5 Å². The van der Waals surface area contributed by atoms with Gasteiger partial charge in [-0.1, -0.05) is 40.0 Å². The largest absolute Gasteiger partial charge is 0.435 e. The fraction of sp³-hybridized carbons (Fsp3) is 0.500. The lowest BCUT2D eigenvalue weighted by Crippen LogP contribution is -2.42. The number of halogens is 6. The van der Waals surface area contributed by atoms with Gasteiger partial charge in [0.1, 0.15) is 11.8 Å². The van der Waals surface area contributed by atoms with Gasteiger partial charge in [0, 0.05) is 18.2 Å². The van der Waals surface area contributed by atoms with Gasteiger partial charge in [0.05, 0.1) is 31.2 Å². The Morgan fingerprint density at radius 2 is 1.77 bits per heavy atom. The predicted octanol–water partition coefficient (Wildman–Crippen LogP) is 6.66. The van der Waals surface area contributed by atoms with Crippen LogP contribution in [0.25, 0.3) is 0 Å². The molecular weight excluding hydrogens is 598 g/mol. The number of rotatable bonds is 5. The molecule has 4 aliphatic rings. The average Bonchev–Trinajstić information content (AvgIpc) is 3.33. The van der Waals surface area contributed by atoms with Crippen molar-refractivity contribution >= 4 is 63.7 Å². The van der Waals surface area contributed by atoms with E-state index in [0.29, 0.717) is 35.6 Å². The molecule has 2 fully saturated rings. The van der Waals surface area contributed by atoms with E-state index in [1.54, 1.807) is 0 Å². The van der Waals surface area contributed by atoms with E-state index >= 15 is 0 Å². The van der Waals surface area contributed by atoms with Gasteiger partial charge < -0.3 is 15.1 Å². The summed E-state index contributed by atoms with van der Waals surface area (Å²) in [5.41, 5.74) is -1.38. The van der Waals surface area contributed by atoms with Gasteiger partial charge in [-0.2, -0.15) is 13.2 Å². The van der Waals surface area contributed by atoms with Gasteiger partial charge in [0.15, 0.2) is 0 Å². The molecule has 2 aromatic rings. The van der Waals surface area contributed by atoms with E-state index in [9.17, 15) is 22.8 Å². The molecule has 208 valence electrons. The van der Waals surface area contributed by atoms with Crippen LogP contribution in [0.15, 0.2) is 17.3 Å². The number of hydrogen-bond donors (Lipinski definition) is 1. The predicted molar refractivity (Wildman–Crippen MR) is 143 cm³/mol. The van der Waals surface area contributed by atoms with Gasteiger partial charge in [-0.05, 0) is 68.2 Å². The summed E-state index contributed by atoms with van der Waals surface area (Å²) in [6.45, 7) is 0.620. The molecule has 6 rings (SSSR count). The molecule has 1 aromatic heterocycles. The number of fused-ring (bicyclic) bond motifs is 1. The van der Waals surface area contributed by atoms with Crippen LogP contribution in [0.1, 0.15) is 69.8 Å². The van der Waals surface area contributed by atoms with Crippen molar-refractivity contribution in [3.8, 4) is 0 Å². The zero-order chi connectivity index (χ0) is 27.7. The Hall–Kier alpha value is -2.01. The number of alkyl halides is 3. The Labute approximate surface area is 241 Å². The second-order valence-electron chi connectivity index (χ2n) is 10.4. The molecule has 1 N–H and O–H groups in total. The van der Waals surface area contributed by atoms with Crippen LogP contribution in [-0.4, -0.2) is 47.2 Å². The lowest BCUT2D eigenvalue weighted by atomic mass is 9.85. The number of nitrogens with zero attached hydrogens (tertiary/aromatic N) is 2. The standard InChI is InChI=1S/C26H23Cl3F3N3O3S/c27-16-9-12(10-17(28)20(16)29)25(26(30,31)32)11-19(34-38-25)21-14-3-1-2-4-15(14)22(39-21)23(36)33-18-7-8-35(24(18)37)13-5-6-13/h9-10,13,18H,1-8,11H2,(H,33,36). The highest BCUT2D eigenvalue weighted by Gasteiger charge is 2.63. The van der Waals surface area contributed by atoms with Crippen molar-refractivity contribution in [2.45, 2.75) is 75.2 Å². The fourth-order valence-corrected chi connectivity index (χ4v) is 7.55. The van der Waals surface area contributed by atoms with Crippen LogP contribution in [0, 0.1) is 0 Å². The first-order valence-electron chi connectivity index (χ1n) is 12.7. The minimum Gasteiger partial charge on any atom is -0.374 e. The highest BCUT2D eigenvalue weighted by atomic mass is 35.5. The number of carbonyl (C=O) groups excluding carboxylic acids is 2. The number of benzene rings is 1. The Balaban J connectivity index is 1.31. The summed E-state index contributed by atoms with van der Waals surface area (Å²) in [6, 6.07) is 1.87. The Morgan fingerprint density at radius 3 is 2.41 bits per heavy atom. The minimum absolute atomic E-state index is 0.0532. The normalized spacial score (nSPS) is 25.0. The molecule has 2 aliphatic carbocycles. The van der Waals surface area contributed by atoms with Crippen molar-refractivity contribution in [1.29, 1.82) is 0 Å². The van der Waals surface area contributed by atoms with Crippen LogP contribution >= 0.6 is 46.1 Å². The van der Waals surface area contributed by atoms with Gasteiger partial charge >= 0.3 is 6.18 Å². The highest BCUT2D eigenvalue weighted by molar-refractivity contribution is 7.16. The Kier molecular flexibility index (Phi) is 6.84. The molecule has 1 saturated heterocycles. The topological polar surface area (TPSA) is 71.0 Å². The van der Waals surface area contributed by atoms with E-state index in [2.05, 4.69) is 10.5 Å². The van der Waals surface area contributed by atoms with Crippen LogP contribution in [0.5, 0.6) is 0 Å². The Bertz CT molecular complexity index is 1380. The molecule has 2 amide bonds. The molecule has 2 unspecified atom stereocenters. The average molecular weight is 621 g/mol. The number of amides is 2. The molecule has 39 heavy (non-hydrogen) atoms. The summed E-state index contributed by atoms with van der Waals surface area (Å²) in [5, 5.41) is 6.48. The van der Waals surface area contributed by atoms with E-state index < -0.39 is 24.2 Å². The van der Waals surface area contributed by atoms with Crippen molar-refractivity contribution in [3.63, 3.8) is 0 Å². The van der Waals surface area contributed by atoms with Crippen LogP contribution < -0.4 is 5.32 Å². The van der Waals surface area contributed by atoms with Gasteiger partial charge in [-0.15, -0.1) is 11.3 Å². The fourth-order valence-electron chi connectivity index (χ4n) is 5.67. The van der Waals surface area contributed by atoms with Crippen molar-refractivity contribution in [1.82, 2.24) is 10.2 Å². The van der Waals surface area contributed by atoms with Crippen LogP contribution in [-0.2, 0) is 28.1 Å². The number of oxime groups is 1. The molecule has 0 spiro atoms. The van der Waals surface area contributed by atoms with Crippen molar-refractivity contribution < 1.29 is 27.6 Å². The summed E-state index contributed by atoms with van der Waals surface area (Å²) < 4.78 is 43.7. The maximum atomic E-state index is 14.6. The molecule has 2 atom stereocenters. The molecule has 0 bridgehead atoms. The van der Waals surface area contributed by atoms with E-state index in [1.807, 2.05) is 4.90 Å². The zero-order valence-corrected chi connectivity index (χ0v) is 23.6. The van der Waals surface area contributed by atoms with Gasteiger partial charge in [-0.25, -0.2) is 0 Å². The summed E-state index contributed by atoms with van der Waals surface area (Å²) in [7, 11) is 0. The highest BCUT2D eigenvalue weighted by Crippen LogP contribution is 2.51. The van der Waals surface area contributed by atoms with E-state index in [1.165, 1.54) is 0 Å². The summed E-state index contributed by atoms with van der Waals surface area (Å²) >= 11 is 19.2. The van der Waals surface area contributed by atoms with Gasteiger partial charge in [-0.3, -0.25) is 9.59 Å². The zero-order valence-electron chi connectivity index (χ0n) is 20.5. The molecule has 6 nitrogen and oxygen atoms in total. The Morgan fingerprint density at radius 1 is 1.10 bits per heavy atom. The second kappa shape index (κ2) is 9.82. The lowest BCUT2D eigenvalue weighted by molar-refractivity contribution is -0.275. The number of carbonyl (C=O) groups is 2. The monoisotopic (exact) mass is 619 g/mol. The third kappa shape index (κ3) is 4.61. The number of thiophene rings is 1. The first kappa shape index (κ1) is 27.2. The first-order chi connectivity index (χ1) is 18.5. The molecule has 1 aromatic carbocycles. The molecule has 3 heterocycles. The molecule has 1 saturated carbocycles. The third-order valence-corrected chi connectivity index (χ3v) is 10.4. The maximum absolute atomic E-state index is 14.6. The maximum Gasteiger partial charge on any atom is 0.435 e. The second-order valence-corrected chi connectivity index (χ2v) is 12.6. The minimum atomic E-state index is -4.85. The first-order valence-corrected chi connectivity index (χ1v) is 14.7. The van der Waals surface area contributed by atoms with Crippen LogP contribution in [0.2, 0.25) is 15.1 Å².